The number of guanidine groups is 1. The molecule has 0 aliphatic carbocycles. The minimum atomic E-state index is -0.539. The fourth-order valence-corrected chi connectivity index (χ4v) is 2.99. The Morgan fingerprint density at radius 1 is 1.11 bits per heavy atom. The molecule has 11 heteroatoms. The lowest BCUT2D eigenvalue weighted by Crippen LogP contribution is -2.48. The van der Waals surface area contributed by atoms with Gasteiger partial charge in [0, 0.05) is 23.0 Å². The predicted octanol–water partition coefficient (Wildman–Crippen LogP) is 0.372. The Hall–Kier alpha value is -2.10. The lowest BCUT2D eigenvalue weighted by molar-refractivity contribution is -0.124. The van der Waals surface area contributed by atoms with E-state index in [1.807, 2.05) is 13.8 Å². The fraction of sp³-hybridized carbons (Fsp3) is 0.412. The standard InChI is InChI=1S/C17H24BCl2N5O3/c1-9(2)15(25-18)16(28)22-7-6-13(26)23-17(21)24-14(27)8-10-11(19)4-3-5-12(10)20/h3-5,9,15,25H,6-8,18H2,1-2H3,(H,22,28)(H3,21,23,24,26,27). The van der Waals surface area contributed by atoms with Crippen molar-refractivity contribution < 1.29 is 14.4 Å². The maximum Gasteiger partial charge on any atom is 0.236 e. The van der Waals surface area contributed by atoms with Crippen LogP contribution in [0.2, 0.25) is 10.0 Å². The van der Waals surface area contributed by atoms with E-state index in [9.17, 15) is 14.4 Å². The van der Waals surface area contributed by atoms with E-state index in [1.54, 1.807) is 26.2 Å². The average molecular weight is 428 g/mol. The molecular weight excluding hydrogens is 404 g/mol. The first-order chi connectivity index (χ1) is 13.1. The highest BCUT2D eigenvalue weighted by Crippen LogP contribution is 2.24. The first kappa shape index (κ1) is 23.9. The van der Waals surface area contributed by atoms with Gasteiger partial charge in [-0.15, -0.1) is 0 Å². The number of carbonyl (C=O) groups is 3. The van der Waals surface area contributed by atoms with Crippen molar-refractivity contribution in [3.63, 3.8) is 0 Å². The van der Waals surface area contributed by atoms with Gasteiger partial charge in [0.25, 0.3) is 0 Å². The number of rotatable bonds is 8. The normalized spacial score (nSPS) is 11.6. The molecule has 152 valence electrons. The number of hydrogen-bond acceptors (Lipinski definition) is 5. The molecule has 0 saturated carbocycles. The van der Waals surface area contributed by atoms with Gasteiger partial charge in [-0.05, 0) is 23.6 Å². The summed E-state index contributed by atoms with van der Waals surface area (Å²) in [4.78, 5) is 35.8. The Balaban J connectivity index is 2.39. The van der Waals surface area contributed by atoms with Gasteiger partial charge in [-0.1, -0.05) is 43.1 Å². The van der Waals surface area contributed by atoms with Crippen LogP contribution >= 0.6 is 23.2 Å². The Kier molecular flexibility index (Phi) is 9.99. The van der Waals surface area contributed by atoms with E-state index in [2.05, 4.69) is 21.2 Å². The molecular formula is C17H24BCl2N5O3. The Labute approximate surface area is 175 Å². The summed E-state index contributed by atoms with van der Waals surface area (Å²) in [7, 11) is 1.69. The van der Waals surface area contributed by atoms with Gasteiger partial charge in [-0.2, -0.15) is 0 Å². The van der Waals surface area contributed by atoms with Crippen molar-refractivity contribution in [2.24, 2.45) is 5.92 Å². The molecule has 3 amide bonds. The van der Waals surface area contributed by atoms with E-state index in [4.69, 9.17) is 28.6 Å². The fourth-order valence-electron chi connectivity index (χ4n) is 2.45. The highest BCUT2D eigenvalue weighted by molar-refractivity contribution is 6.36. The van der Waals surface area contributed by atoms with Crippen molar-refractivity contribution in [1.29, 1.82) is 5.41 Å². The molecule has 28 heavy (non-hydrogen) atoms. The molecule has 0 aliphatic heterocycles. The molecule has 0 heterocycles. The van der Waals surface area contributed by atoms with Crippen molar-refractivity contribution in [3.8, 4) is 0 Å². The van der Waals surface area contributed by atoms with E-state index >= 15 is 0 Å². The van der Waals surface area contributed by atoms with Crippen molar-refractivity contribution in [2.75, 3.05) is 6.54 Å². The molecule has 0 fully saturated rings. The molecule has 1 atom stereocenters. The largest absolute Gasteiger partial charge is 0.354 e. The van der Waals surface area contributed by atoms with Gasteiger partial charge >= 0.3 is 0 Å². The zero-order valence-corrected chi connectivity index (χ0v) is 17.5. The molecule has 0 radical (unpaired) electrons. The lowest BCUT2D eigenvalue weighted by atomic mass is 10.0. The maximum absolute atomic E-state index is 12.0. The van der Waals surface area contributed by atoms with E-state index < -0.39 is 17.8 Å². The monoisotopic (exact) mass is 427 g/mol. The number of benzene rings is 1. The minimum Gasteiger partial charge on any atom is -0.354 e. The zero-order valence-electron chi connectivity index (χ0n) is 16.0. The molecule has 8 nitrogen and oxygen atoms in total. The second-order valence-electron chi connectivity index (χ2n) is 6.40. The van der Waals surface area contributed by atoms with E-state index in [0.29, 0.717) is 15.6 Å². The summed E-state index contributed by atoms with van der Waals surface area (Å²) in [6.07, 6.45) is -0.164. The Morgan fingerprint density at radius 2 is 1.68 bits per heavy atom. The van der Waals surface area contributed by atoms with Crippen molar-refractivity contribution in [3.05, 3.63) is 33.8 Å². The van der Waals surface area contributed by atoms with Gasteiger partial charge < -0.3 is 10.5 Å². The molecule has 0 bridgehead atoms. The molecule has 1 unspecified atom stereocenters. The third-order valence-corrected chi connectivity index (χ3v) is 4.55. The highest BCUT2D eigenvalue weighted by atomic mass is 35.5. The topological polar surface area (TPSA) is 123 Å². The van der Waals surface area contributed by atoms with Crippen molar-refractivity contribution >= 4 is 54.9 Å². The number of carbonyl (C=O) groups excluding carboxylic acids is 3. The van der Waals surface area contributed by atoms with Crippen LogP contribution in [0.3, 0.4) is 0 Å². The SMILES string of the molecule is BNC(C(=O)NCCC(=O)NC(=N)NC(=O)Cc1c(Cl)cccc1Cl)C(C)C. The van der Waals surface area contributed by atoms with Crippen LogP contribution in [-0.4, -0.2) is 44.2 Å². The van der Waals surface area contributed by atoms with E-state index in [-0.39, 0.29) is 37.3 Å². The summed E-state index contributed by atoms with van der Waals surface area (Å²) >= 11 is 12.0. The zero-order chi connectivity index (χ0) is 21.3. The molecule has 0 aromatic heterocycles. The Morgan fingerprint density at radius 3 is 2.21 bits per heavy atom. The first-order valence-electron chi connectivity index (χ1n) is 8.71. The quantitative estimate of drug-likeness (QED) is 0.233. The van der Waals surface area contributed by atoms with Gasteiger partial charge in [0.15, 0.2) is 7.98 Å². The highest BCUT2D eigenvalue weighted by Gasteiger charge is 2.19. The number of halogens is 2. The molecule has 5 N–H and O–H groups in total. The van der Waals surface area contributed by atoms with E-state index in [1.165, 1.54) is 0 Å². The lowest BCUT2D eigenvalue weighted by Gasteiger charge is -2.19. The molecule has 1 rings (SSSR count). The van der Waals surface area contributed by atoms with Crippen LogP contribution in [0.25, 0.3) is 0 Å². The molecule has 1 aromatic carbocycles. The van der Waals surface area contributed by atoms with Crippen LogP contribution in [0.15, 0.2) is 18.2 Å². The van der Waals surface area contributed by atoms with Gasteiger partial charge in [0.1, 0.15) is 0 Å². The number of nitrogens with one attached hydrogen (secondary N) is 5. The van der Waals surface area contributed by atoms with Crippen LogP contribution in [0.1, 0.15) is 25.8 Å². The van der Waals surface area contributed by atoms with Gasteiger partial charge in [-0.25, -0.2) is 0 Å². The van der Waals surface area contributed by atoms with Crippen LogP contribution in [0.4, 0.5) is 0 Å². The van der Waals surface area contributed by atoms with Crippen LogP contribution in [-0.2, 0) is 20.8 Å². The summed E-state index contributed by atoms with van der Waals surface area (Å²) in [5.74, 6) is -1.60. The maximum atomic E-state index is 12.0. The van der Waals surface area contributed by atoms with Crippen LogP contribution in [0, 0.1) is 11.3 Å². The van der Waals surface area contributed by atoms with Crippen LogP contribution < -0.4 is 21.2 Å². The number of amides is 3. The molecule has 0 saturated heterocycles. The summed E-state index contributed by atoms with van der Waals surface area (Å²) < 4.78 is 0. The summed E-state index contributed by atoms with van der Waals surface area (Å²) in [6.45, 7) is 3.94. The smallest absolute Gasteiger partial charge is 0.236 e. The first-order valence-corrected chi connectivity index (χ1v) is 9.47. The second-order valence-corrected chi connectivity index (χ2v) is 7.21. The minimum absolute atomic E-state index is 0.0329. The summed E-state index contributed by atoms with van der Waals surface area (Å²) in [6, 6.07) is 4.52. The van der Waals surface area contributed by atoms with Crippen LogP contribution in [0.5, 0.6) is 0 Å². The Bertz CT molecular complexity index is 725. The summed E-state index contributed by atoms with van der Waals surface area (Å²) in [5, 5.41) is 18.4. The summed E-state index contributed by atoms with van der Waals surface area (Å²) in [5.41, 5.74) is 0.439. The third kappa shape index (κ3) is 7.88. The van der Waals surface area contributed by atoms with Gasteiger partial charge in [0.2, 0.25) is 23.7 Å². The van der Waals surface area contributed by atoms with E-state index in [0.717, 1.165) is 0 Å². The molecule has 1 aromatic rings. The van der Waals surface area contributed by atoms with Gasteiger partial charge in [0.05, 0.1) is 12.5 Å². The molecule has 0 aliphatic rings. The third-order valence-electron chi connectivity index (χ3n) is 3.84. The number of hydrogen-bond donors (Lipinski definition) is 5. The predicted molar refractivity (Wildman–Crippen MR) is 112 cm³/mol. The second kappa shape index (κ2) is 11.7. The molecule has 0 spiro atoms. The van der Waals surface area contributed by atoms with Gasteiger partial charge in [-0.3, -0.25) is 30.4 Å². The van der Waals surface area contributed by atoms with Crippen molar-refractivity contribution in [1.82, 2.24) is 21.2 Å². The average Bonchev–Trinajstić information content (AvgIpc) is 2.58. The van der Waals surface area contributed by atoms with Crippen molar-refractivity contribution in [2.45, 2.75) is 32.7 Å².